The number of nitrogens with zero attached hydrogens (tertiary/aromatic N) is 5. The van der Waals surface area contributed by atoms with Gasteiger partial charge in [-0.25, -0.2) is 10.5 Å². The molecule has 0 aromatic carbocycles. The Morgan fingerprint density at radius 1 is 1.41 bits per heavy atom. The van der Waals surface area contributed by atoms with E-state index in [0.717, 1.165) is 15.9 Å². The maximum absolute atomic E-state index is 12.0. The summed E-state index contributed by atoms with van der Waals surface area (Å²) in [6.07, 6.45) is 1.53. The topological polar surface area (TPSA) is 134 Å². The zero-order valence-corrected chi connectivity index (χ0v) is 16.9. The number of rotatable bonds is 9. The number of H-pyrrole nitrogens is 1. The molecule has 10 nitrogen and oxygen atoms in total. The molecule has 0 spiro atoms. The van der Waals surface area contributed by atoms with Crippen LogP contribution in [-0.2, 0) is 4.79 Å². The zero-order chi connectivity index (χ0) is 19.1. The lowest BCUT2D eigenvalue weighted by Crippen LogP contribution is -2.13. The Balaban J connectivity index is 1.43. The Bertz CT molecular complexity index is 919. The van der Waals surface area contributed by atoms with Crippen LogP contribution in [0.4, 0.5) is 11.1 Å². The van der Waals surface area contributed by atoms with Gasteiger partial charge in [-0.1, -0.05) is 41.8 Å². The van der Waals surface area contributed by atoms with Gasteiger partial charge >= 0.3 is 0 Å². The normalized spacial score (nSPS) is 11.2. The Morgan fingerprint density at radius 3 is 3.07 bits per heavy atom. The van der Waals surface area contributed by atoms with E-state index in [9.17, 15) is 4.79 Å². The third kappa shape index (κ3) is 6.08. The molecule has 0 unspecified atom stereocenters. The van der Waals surface area contributed by atoms with Crippen LogP contribution < -0.4 is 10.7 Å². The highest BCUT2D eigenvalue weighted by atomic mass is 32.2. The largest absolute Gasteiger partial charge is 0.460 e. The number of furan rings is 1. The molecule has 27 heavy (non-hydrogen) atoms. The van der Waals surface area contributed by atoms with Crippen LogP contribution in [-0.4, -0.2) is 49.0 Å². The number of carbonyl (C=O) groups is 1. The molecule has 3 N–H and O–H groups in total. The molecule has 0 radical (unpaired) electrons. The number of hydrogen-bond acceptors (Lipinski definition) is 11. The Labute approximate surface area is 167 Å². The lowest BCUT2D eigenvalue weighted by atomic mass is 10.4. The van der Waals surface area contributed by atoms with Gasteiger partial charge in [0.05, 0.1) is 12.0 Å². The van der Waals surface area contributed by atoms with E-state index < -0.39 is 0 Å². The van der Waals surface area contributed by atoms with Gasteiger partial charge in [0.25, 0.3) is 0 Å². The molecule has 0 atom stereocenters. The number of aryl methyl sites for hydroxylation is 1. The fraction of sp³-hybridized carbons (Fsp3) is 0.286. The van der Waals surface area contributed by atoms with E-state index in [1.54, 1.807) is 11.8 Å². The summed E-state index contributed by atoms with van der Waals surface area (Å²) >= 11 is 4.13. The summed E-state index contributed by atoms with van der Waals surface area (Å²) in [7, 11) is 0. The van der Waals surface area contributed by atoms with Gasteiger partial charge in [0, 0.05) is 0 Å². The third-order valence-electron chi connectivity index (χ3n) is 2.84. The van der Waals surface area contributed by atoms with E-state index >= 15 is 0 Å². The van der Waals surface area contributed by atoms with Crippen molar-refractivity contribution in [3.05, 3.63) is 23.7 Å². The lowest BCUT2D eigenvalue weighted by Gasteiger charge is -1.98. The van der Waals surface area contributed by atoms with Crippen molar-refractivity contribution >= 4 is 58.1 Å². The highest BCUT2D eigenvalue weighted by Gasteiger charge is 2.11. The van der Waals surface area contributed by atoms with E-state index in [1.165, 1.54) is 29.3 Å². The first-order chi connectivity index (χ1) is 13.1. The summed E-state index contributed by atoms with van der Waals surface area (Å²) in [5, 5.41) is 22.2. The summed E-state index contributed by atoms with van der Waals surface area (Å²) in [5.74, 6) is 2.66. The van der Waals surface area contributed by atoms with Gasteiger partial charge in [-0.15, -0.1) is 15.3 Å². The minimum Gasteiger partial charge on any atom is -0.460 e. The fourth-order valence-corrected chi connectivity index (χ4v) is 4.03. The molecule has 1 amide bonds. The predicted molar refractivity (Wildman–Crippen MR) is 107 cm³/mol. The minimum atomic E-state index is -0.199. The second kappa shape index (κ2) is 9.53. The second-order valence-electron chi connectivity index (χ2n) is 4.93. The molecule has 3 heterocycles. The van der Waals surface area contributed by atoms with E-state index in [4.69, 9.17) is 4.42 Å². The maximum atomic E-state index is 12.0. The molecule has 13 heteroatoms. The van der Waals surface area contributed by atoms with Crippen molar-refractivity contribution in [1.29, 1.82) is 0 Å². The van der Waals surface area contributed by atoms with Crippen molar-refractivity contribution in [2.45, 2.75) is 23.3 Å². The first-order valence-electron chi connectivity index (χ1n) is 7.79. The van der Waals surface area contributed by atoms with E-state index in [-0.39, 0.29) is 11.7 Å². The number of hydrogen-bond donors (Lipinski definition) is 3. The van der Waals surface area contributed by atoms with Crippen LogP contribution in [0.3, 0.4) is 0 Å². The molecular weight excluding hydrogens is 408 g/mol. The second-order valence-corrected chi connectivity index (χ2v) is 8.36. The highest BCUT2D eigenvalue weighted by Crippen LogP contribution is 2.25. The number of aromatic nitrogens is 5. The van der Waals surface area contributed by atoms with Crippen LogP contribution in [0, 0.1) is 6.92 Å². The molecule has 0 saturated heterocycles. The average Bonchev–Trinajstić information content (AvgIpc) is 3.36. The predicted octanol–water partition coefficient (Wildman–Crippen LogP) is 2.85. The number of aromatic amines is 1. The van der Waals surface area contributed by atoms with Crippen LogP contribution in [0.2, 0.25) is 0 Å². The molecule has 0 saturated carbocycles. The van der Waals surface area contributed by atoms with Crippen molar-refractivity contribution < 1.29 is 9.21 Å². The molecule has 142 valence electrons. The first-order valence-corrected chi connectivity index (χ1v) is 10.6. The molecule has 0 aliphatic heterocycles. The number of carbonyl (C=O) groups excluding carboxylic acids is 1. The molecule has 0 aliphatic carbocycles. The lowest BCUT2D eigenvalue weighted by molar-refractivity contribution is -0.113. The number of anilines is 2. The summed E-state index contributed by atoms with van der Waals surface area (Å²) in [5.41, 5.74) is 2.71. The van der Waals surface area contributed by atoms with Crippen molar-refractivity contribution in [3.63, 3.8) is 0 Å². The molecule has 0 bridgehead atoms. The van der Waals surface area contributed by atoms with Gasteiger partial charge in [0.1, 0.15) is 11.5 Å². The molecule has 3 aromatic rings. The molecule has 3 rings (SSSR count). The van der Waals surface area contributed by atoms with Gasteiger partial charge in [-0.3, -0.25) is 10.1 Å². The maximum Gasteiger partial charge on any atom is 0.240 e. The van der Waals surface area contributed by atoms with E-state index in [2.05, 4.69) is 41.2 Å². The molecule has 0 aliphatic rings. The average molecular weight is 425 g/mol. The molecular formula is C14H16N8O2S3. The van der Waals surface area contributed by atoms with E-state index in [1.807, 2.05) is 26.0 Å². The number of nitrogens with one attached hydrogen (secondary N) is 3. The number of amides is 1. The minimum absolute atomic E-state index is 0.155. The zero-order valence-electron chi connectivity index (χ0n) is 14.4. The monoisotopic (exact) mass is 424 g/mol. The number of hydrazone groups is 1. The third-order valence-corrected chi connectivity index (χ3v) is 5.54. The Hall–Kier alpha value is -2.38. The Morgan fingerprint density at radius 2 is 2.30 bits per heavy atom. The standard InChI is InChI=1S/C14H16N8O2S3/c1-3-25-14-22-21-13(27-14)16-10(23)7-26-12-17-11(19-20-12)18-15-6-9-5-4-8(2)24-9/h4-6H,3,7H2,1-2H3,(H,16,21,23)(H2,17,18,19,20)/b15-6-. The van der Waals surface area contributed by atoms with Gasteiger partial charge in [-0.2, -0.15) is 10.1 Å². The van der Waals surface area contributed by atoms with Crippen LogP contribution in [0.15, 0.2) is 31.1 Å². The SMILES string of the molecule is CCSc1nnc(NC(=O)CSc2n[nH]c(N/N=C\c3ccc(C)o3)n2)s1. The van der Waals surface area contributed by atoms with E-state index in [0.29, 0.717) is 22.0 Å². The van der Waals surface area contributed by atoms with Crippen molar-refractivity contribution in [1.82, 2.24) is 25.4 Å². The smallest absolute Gasteiger partial charge is 0.240 e. The van der Waals surface area contributed by atoms with Gasteiger partial charge in [0.2, 0.25) is 22.1 Å². The fourth-order valence-electron chi connectivity index (χ4n) is 1.77. The quantitative estimate of drug-likeness (QED) is 0.205. The number of thioether (sulfide) groups is 2. The van der Waals surface area contributed by atoms with Gasteiger partial charge < -0.3 is 4.42 Å². The Kier molecular flexibility index (Phi) is 6.84. The molecule has 3 aromatic heterocycles. The van der Waals surface area contributed by atoms with Crippen LogP contribution in [0.5, 0.6) is 0 Å². The summed E-state index contributed by atoms with van der Waals surface area (Å²) in [6.45, 7) is 3.89. The van der Waals surface area contributed by atoms with Crippen molar-refractivity contribution in [2.24, 2.45) is 5.10 Å². The highest BCUT2D eigenvalue weighted by molar-refractivity contribution is 8.01. The van der Waals surface area contributed by atoms with Crippen molar-refractivity contribution in [3.8, 4) is 0 Å². The summed E-state index contributed by atoms with van der Waals surface area (Å²) < 4.78 is 6.19. The van der Waals surface area contributed by atoms with Crippen LogP contribution >= 0.6 is 34.9 Å². The van der Waals surface area contributed by atoms with Gasteiger partial charge in [0.15, 0.2) is 4.34 Å². The van der Waals surface area contributed by atoms with Crippen molar-refractivity contribution in [2.75, 3.05) is 22.2 Å². The van der Waals surface area contributed by atoms with Crippen LogP contribution in [0.25, 0.3) is 0 Å². The first kappa shape index (κ1) is 19.4. The summed E-state index contributed by atoms with van der Waals surface area (Å²) in [4.78, 5) is 16.2. The summed E-state index contributed by atoms with van der Waals surface area (Å²) in [6, 6.07) is 3.66. The molecule has 0 fully saturated rings. The van der Waals surface area contributed by atoms with Gasteiger partial charge in [-0.05, 0) is 24.8 Å². The van der Waals surface area contributed by atoms with Crippen LogP contribution in [0.1, 0.15) is 18.4 Å².